The lowest BCUT2D eigenvalue weighted by molar-refractivity contribution is -0.120. The van der Waals surface area contributed by atoms with Crippen LogP contribution in [-0.4, -0.2) is 33.5 Å². The maximum absolute atomic E-state index is 11.3. The van der Waals surface area contributed by atoms with Gasteiger partial charge in [-0.15, -0.1) is 0 Å². The van der Waals surface area contributed by atoms with E-state index in [1.54, 1.807) is 25.3 Å². The van der Waals surface area contributed by atoms with Crippen LogP contribution < -0.4 is 10.1 Å². The molecular formula is C13H18ClNO4. The van der Waals surface area contributed by atoms with Crippen molar-refractivity contribution in [2.24, 2.45) is 0 Å². The second-order valence-electron chi connectivity index (χ2n) is 3.92. The van der Waals surface area contributed by atoms with Crippen molar-refractivity contribution in [1.29, 1.82) is 0 Å². The van der Waals surface area contributed by atoms with Gasteiger partial charge in [-0.1, -0.05) is 11.6 Å². The number of methoxy groups -OCH3 is 2. The zero-order valence-electron chi connectivity index (χ0n) is 11.2. The number of hydrogen-bond acceptors (Lipinski definition) is 4. The van der Waals surface area contributed by atoms with Crippen molar-refractivity contribution in [3.63, 3.8) is 0 Å². The highest BCUT2D eigenvalue weighted by Crippen LogP contribution is 2.28. The zero-order chi connectivity index (χ0) is 14.3. The number of nitrogens with one attached hydrogen (secondary N) is 1. The fraction of sp³-hybridized carbons (Fsp3) is 0.462. The molecule has 0 unspecified atom stereocenters. The Balaban J connectivity index is 2.94. The zero-order valence-corrected chi connectivity index (χ0v) is 12.0. The largest absolute Gasteiger partial charge is 0.496 e. The highest BCUT2D eigenvalue weighted by atomic mass is 35.5. The van der Waals surface area contributed by atoms with Crippen LogP contribution >= 0.6 is 11.6 Å². The molecule has 0 aliphatic carbocycles. The Hall–Kier alpha value is -1.30. The normalized spacial score (nSPS) is 12.0. The predicted octanol–water partition coefficient (Wildman–Crippen LogP) is 2.15. The van der Waals surface area contributed by atoms with E-state index in [0.717, 1.165) is 5.56 Å². The lowest BCUT2D eigenvalue weighted by Crippen LogP contribution is -2.30. The van der Waals surface area contributed by atoms with Gasteiger partial charge >= 0.3 is 0 Å². The highest BCUT2D eigenvalue weighted by molar-refractivity contribution is 6.30. The van der Waals surface area contributed by atoms with E-state index >= 15 is 0 Å². The summed E-state index contributed by atoms with van der Waals surface area (Å²) in [4.78, 5) is 11.3. The van der Waals surface area contributed by atoms with Crippen molar-refractivity contribution in [2.45, 2.75) is 13.0 Å². The third kappa shape index (κ3) is 5.06. The van der Waals surface area contributed by atoms with E-state index in [1.165, 1.54) is 14.0 Å². The molecule has 1 aromatic carbocycles. The van der Waals surface area contributed by atoms with E-state index in [4.69, 9.17) is 25.8 Å². The van der Waals surface area contributed by atoms with Crippen molar-refractivity contribution in [3.05, 3.63) is 28.8 Å². The van der Waals surface area contributed by atoms with E-state index in [9.17, 15) is 4.79 Å². The van der Waals surface area contributed by atoms with Crippen molar-refractivity contribution in [3.8, 4) is 5.75 Å². The molecule has 1 rings (SSSR count). The van der Waals surface area contributed by atoms with Gasteiger partial charge in [0.25, 0.3) is 0 Å². The predicted molar refractivity (Wildman–Crippen MR) is 72.4 cm³/mol. The summed E-state index contributed by atoms with van der Waals surface area (Å²) in [6.07, 6.45) is 0. The van der Waals surface area contributed by atoms with Gasteiger partial charge in [0.15, 0.2) is 0 Å². The van der Waals surface area contributed by atoms with Gasteiger partial charge < -0.3 is 19.5 Å². The summed E-state index contributed by atoms with van der Waals surface area (Å²) in [5.41, 5.74) is 0.765. The lowest BCUT2D eigenvalue weighted by atomic mass is 10.1. The molecule has 0 saturated heterocycles. The number of ether oxygens (including phenoxy) is 3. The molecule has 1 aromatic rings. The Morgan fingerprint density at radius 3 is 2.74 bits per heavy atom. The number of carbonyl (C=O) groups is 1. The van der Waals surface area contributed by atoms with Gasteiger partial charge in [0.2, 0.25) is 5.91 Å². The maximum Gasteiger partial charge on any atom is 0.217 e. The minimum atomic E-state index is -0.346. The van der Waals surface area contributed by atoms with Gasteiger partial charge in [0.05, 0.1) is 19.8 Å². The van der Waals surface area contributed by atoms with Gasteiger partial charge in [-0.25, -0.2) is 0 Å². The summed E-state index contributed by atoms with van der Waals surface area (Å²) in [5.74, 6) is 0.484. The third-order valence-electron chi connectivity index (χ3n) is 2.43. The van der Waals surface area contributed by atoms with Crippen LogP contribution in [0.25, 0.3) is 0 Å². The number of benzene rings is 1. The number of rotatable bonds is 7. The van der Waals surface area contributed by atoms with Gasteiger partial charge in [-0.2, -0.15) is 0 Å². The van der Waals surface area contributed by atoms with Crippen LogP contribution in [0.1, 0.15) is 18.5 Å². The molecule has 0 aliphatic rings. The summed E-state index contributed by atoms with van der Waals surface area (Å²) < 4.78 is 15.4. The molecule has 1 amide bonds. The quantitative estimate of drug-likeness (QED) is 0.617. The average molecular weight is 288 g/mol. The molecule has 0 fully saturated rings. The summed E-state index contributed by atoms with van der Waals surface area (Å²) >= 11 is 5.98. The highest BCUT2D eigenvalue weighted by Gasteiger charge is 2.18. The molecule has 0 radical (unpaired) electrons. The smallest absolute Gasteiger partial charge is 0.217 e. The fourth-order valence-corrected chi connectivity index (χ4v) is 1.86. The number of carbonyl (C=O) groups excluding carboxylic acids is 1. The molecule has 0 saturated carbocycles. The number of amides is 1. The minimum Gasteiger partial charge on any atom is -0.496 e. The molecule has 0 aromatic heterocycles. The van der Waals surface area contributed by atoms with E-state index in [-0.39, 0.29) is 25.3 Å². The fourth-order valence-electron chi connectivity index (χ4n) is 1.68. The topological polar surface area (TPSA) is 56.8 Å². The number of halogens is 1. The summed E-state index contributed by atoms with van der Waals surface area (Å²) in [6.45, 7) is 1.86. The van der Waals surface area contributed by atoms with Crippen molar-refractivity contribution in [2.75, 3.05) is 27.6 Å². The maximum atomic E-state index is 11.3. The molecule has 5 nitrogen and oxygen atoms in total. The Kier molecular flexibility index (Phi) is 6.62. The van der Waals surface area contributed by atoms with E-state index < -0.39 is 0 Å². The molecule has 19 heavy (non-hydrogen) atoms. The first-order valence-electron chi connectivity index (χ1n) is 5.75. The van der Waals surface area contributed by atoms with E-state index in [1.807, 2.05) is 0 Å². The first kappa shape index (κ1) is 15.8. The molecule has 1 atom stereocenters. The van der Waals surface area contributed by atoms with Crippen LogP contribution in [0.5, 0.6) is 5.75 Å². The summed E-state index contributed by atoms with van der Waals surface area (Å²) in [7, 11) is 3.10. The van der Waals surface area contributed by atoms with Crippen LogP contribution in [0.3, 0.4) is 0 Å². The lowest BCUT2D eigenvalue weighted by Gasteiger charge is -2.20. The SMILES string of the molecule is COCOC[C@@H](NC(C)=O)c1cc(Cl)ccc1OC. The van der Waals surface area contributed by atoms with Crippen LogP contribution in [0.15, 0.2) is 18.2 Å². The Labute approximate surface area is 117 Å². The van der Waals surface area contributed by atoms with Gasteiger partial charge in [-0.05, 0) is 18.2 Å². The van der Waals surface area contributed by atoms with Crippen LogP contribution in [0.2, 0.25) is 5.02 Å². The van der Waals surface area contributed by atoms with Crippen LogP contribution in [0.4, 0.5) is 0 Å². The van der Waals surface area contributed by atoms with Gasteiger partial charge in [0, 0.05) is 24.6 Å². The molecule has 6 heteroatoms. The Morgan fingerprint density at radius 2 is 2.16 bits per heavy atom. The third-order valence-corrected chi connectivity index (χ3v) is 2.67. The Morgan fingerprint density at radius 1 is 1.42 bits per heavy atom. The molecule has 1 N–H and O–H groups in total. The average Bonchev–Trinajstić information content (AvgIpc) is 2.37. The van der Waals surface area contributed by atoms with Crippen LogP contribution in [0, 0.1) is 0 Å². The molecule has 0 aliphatic heterocycles. The molecule has 0 bridgehead atoms. The van der Waals surface area contributed by atoms with E-state index in [2.05, 4.69) is 5.32 Å². The summed E-state index contributed by atoms with van der Waals surface area (Å²) in [5, 5.41) is 3.37. The van der Waals surface area contributed by atoms with E-state index in [0.29, 0.717) is 10.8 Å². The molecule has 0 heterocycles. The minimum absolute atomic E-state index is 0.152. The molecule has 0 spiro atoms. The van der Waals surface area contributed by atoms with Gasteiger partial charge in [0.1, 0.15) is 12.5 Å². The Bertz CT molecular complexity index is 425. The monoisotopic (exact) mass is 287 g/mol. The van der Waals surface area contributed by atoms with Crippen molar-refractivity contribution < 1.29 is 19.0 Å². The summed E-state index contributed by atoms with van der Waals surface area (Å²) in [6, 6.07) is 4.88. The first-order chi connectivity index (χ1) is 9.08. The van der Waals surface area contributed by atoms with Crippen molar-refractivity contribution in [1.82, 2.24) is 5.32 Å². The molecular weight excluding hydrogens is 270 g/mol. The molecule has 106 valence electrons. The van der Waals surface area contributed by atoms with Crippen LogP contribution in [-0.2, 0) is 14.3 Å². The first-order valence-corrected chi connectivity index (χ1v) is 6.13. The number of hydrogen-bond donors (Lipinski definition) is 1. The second kappa shape index (κ2) is 7.99. The second-order valence-corrected chi connectivity index (χ2v) is 4.35. The van der Waals surface area contributed by atoms with Crippen molar-refractivity contribution >= 4 is 17.5 Å². The standard InChI is InChI=1S/C13H18ClNO4/c1-9(16)15-12(7-19-8-17-2)11-6-10(14)4-5-13(11)18-3/h4-6,12H,7-8H2,1-3H3,(H,15,16)/t12-/m1/s1. The van der Waals surface area contributed by atoms with Gasteiger partial charge in [-0.3, -0.25) is 4.79 Å².